The van der Waals surface area contributed by atoms with Crippen molar-refractivity contribution in [1.29, 1.82) is 0 Å². The first-order valence-corrected chi connectivity index (χ1v) is 11.8. The zero-order chi connectivity index (χ0) is 24.9. The minimum absolute atomic E-state index is 0.0847. The van der Waals surface area contributed by atoms with Crippen LogP contribution in [0.2, 0.25) is 0 Å². The maximum absolute atomic E-state index is 13.4. The molecule has 1 unspecified atom stereocenters. The van der Waals surface area contributed by atoms with Gasteiger partial charge in [0.25, 0.3) is 11.8 Å². The Morgan fingerprint density at radius 1 is 0.972 bits per heavy atom. The molecule has 0 spiro atoms. The van der Waals surface area contributed by atoms with Crippen LogP contribution in [0.3, 0.4) is 0 Å². The summed E-state index contributed by atoms with van der Waals surface area (Å²) in [5.41, 5.74) is 4.51. The zero-order valence-electron chi connectivity index (χ0n) is 19.8. The number of hydrogen-bond donors (Lipinski definition) is 2. The monoisotopic (exact) mass is 478 g/mol. The standard InChI is InChI=1S/C29H26N4O3/c1-2-36-24-12-10-23(11-13-24)33-27(25-8-3-4-9-26(25)29(33)35)32-22-7-5-6-21(18-22)28(34)31-19-20-14-16-30-17-15-20/h3-18,27,32H,2,19H2,1H3,(H,31,34). The largest absolute Gasteiger partial charge is 0.494 e. The number of carbonyl (C=O) groups excluding carboxylic acids is 2. The molecule has 4 aromatic rings. The molecule has 3 aromatic carbocycles. The van der Waals surface area contributed by atoms with Gasteiger partial charge in [-0.2, -0.15) is 0 Å². The first-order chi connectivity index (χ1) is 17.6. The highest BCUT2D eigenvalue weighted by atomic mass is 16.5. The van der Waals surface area contributed by atoms with Gasteiger partial charge in [0.2, 0.25) is 0 Å². The number of carbonyl (C=O) groups is 2. The van der Waals surface area contributed by atoms with Gasteiger partial charge in [0.1, 0.15) is 11.9 Å². The van der Waals surface area contributed by atoms with Crippen molar-refractivity contribution in [2.24, 2.45) is 0 Å². The van der Waals surface area contributed by atoms with E-state index in [1.165, 1.54) is 0 Å². The lowest BCUT2D eigenvalue weighted by atomic mass is 10.1. The van der Waals surface area contributed by atoms with Crippen LogP contribution in [-0.2, 0) is 6.54 Å². The Bertz CT molecular complexity index is 1370. The maximum Gasteiger partial charge on any atom is 0.260 e. The third kappa shape index (κ3) is 4.77. The van der Waals surface area contributed by atoms with Crippen LogP contribution in [0.25, 0.3) is 0 Å². The molecule has 0 radical (unpaired) electrons. The fourth-order valence-electron chi connectivity index (χ4n) is 4.29. The molecule has 1 aromatic heterocycles. The highest BCUT2D eigenvalue weighted by Gasteiger charge is 2.37. The van der Waals surface area contributed by atoms with Gasteiger partial charge in [-0.15, -0.1) is 0 Å². The summed E-state index contributed by atoms with van der Waals surface area (Å²) < 4.78 is 5.56. The van der Waals surface area contributed by atoms with Crippen LogP contribution in [0.15, 0.2) is 97.3 Å². The van der Waals surface area contributed by atoms with Crippen molar-refractivity contribution in [2.45, 2.75) is 19.6 Å². The molecule has 180 valence electrons. The zero-order valence-corrected chi connectivity index (χ0v) is 19.8. The number of amides is 2. The van der Waals surface area contributed by atoms with Crippen LogP contribution in [0.5, 0.6) is 5.75 Å². The summed E-state index contributed by atoms with van der Waals surface area (Å²) in [7, 11) is 0. The minimum Gasteiger partial charge on any atom is -0.494 e. The van der Waals surface area contributed by atoms with Crippen molar-refractivity contribution >= 4 is 23.2 Å². The van der Waals surface area contributed by atoms with E-state index in [0.717, 1.165) is 28.3 Å². The van der Waals surface area contributed by atoms with Gasteiger partial charge in [-0.3, -0.25) is 19.5 Å². The van der Waals surface area contributed by atoms with Gasteiger partial charge in [0.15, 0.2) is 0 Å². The molecule has 0 aliphatic carbocycles. The molecule has 0 fully saturated rings. The summed E-state index contributed by atoms with van der Waals surface area (Å²) in [6.45, 7) is 2.92. The average molecular weight is 479 g/mol. The molecule has 0 saturated carbocycles. The van der Waals surface area contributed by atoms with Gasteiger partial charge in [0.05, 0.1) is 6.61 Å². The number of nitrogens with one attached hydrogen (secondary N) is 2. The van der Waals surface area contributed by atoms with E-state index in [4.69, 9.17) is 4.74 Å². The summed E-state index contributed by atoms with van der Waals surface area (Å²) in [6.07, 6.45) is 2.97. The van der Waals surface area contributed by atoms with Crippen LogP contribution in [0.1, 0.15) is 44.9 Å². The van der Waals surface area contributed by atoms with Crippen LogP contribution in [0.4, 0.5) is 11.4 Å². The normalized spacial score (nSPS) is 14.3. The molecule has 0 saturated heterocycles. The summed E-state index contributed by atoms with van der Waals surface area (Å²) in [6, 6.07) is 26.1. The molecule has 1 atom stereocenters. The molecular formula is C29H26N4O3. The van der Waals surface area contributed by atoms with E-state index < -0.39 is 6.17 Å². The number of fused-ring (bicyclic) bond motifs is 1. The van der Waals surface area contributed by atoms with Crippen LogP contribution < -0.4 is 20.3 Å². The van der Waals surface area contributed by atoms with Crippen LogP contribution in [-0.4, -0.2) is 23.4 Å². The molecule has 2 N–H and O–H groups in total. The smallest absolute Gasteiger partial charge is 0.260 e. The number of nitrogens with zero attached hydrogens (tertiary/aromatic N) is 2. The molecule has 2 heterocycles. The third-order valence-corrected chi connectivity index (χ3v) is 6.02. The summed E-state index contributed by atoms with van der Waals surface area (Å²) >= 11 is 0. The molecule has 1 aliphatic heterocycles. The Morgan fingerprint density at radius 3 is 2.53 bits per heavy atom. The quantitative estimate of drug-likeness (QED) is 0.365. The SMILES string of the molecule is CCOc1ccc(N2C(=O)c3ccccc3C2Nc2cccc(C(=O)NCc3ccncc3)c2)cc1. The second-order valence-electron chi connectivity index (χ2n) is 8.36. The van der Waals surface area contributed by atoms with Gasteiger partial charge in [0, 0.05) is 47.0 Å². The van der Waals surface area contributed by atoms with Gasteiger partial charge in [-0.1, -0.05) is 24.3 Å². The lowest BCUT2D eigenvalue weighted by Crippen LogP contribution is -2.32. The fourth-order valence-corrected chi connectivity index (χ4v) is 4.29. The predicted octanol–water partition coefficient (Wildman–Crippen LogP) is 5.18. The fraction of sp³-hybridized carbons (Fsp3) is 0.138. The number of pyridine rings is 1. The molecular weight excluding hydrogens is 452 g/mol. The van der Waals surface area contributed by atoms with Gasteiger partial charge in [-0.05, 0) is 73.2 Å². The maximum atomic E-state index is 13.4. The Kier molecular flexibility index (Phi) is 6.62. The molecule has 0 bridgehead atoms. The molecule has 2 amide bonds. The Balaban J connectivity index is 1.39. The van der Waals surface area contributed by atoms with Gasteiger partial charge in [-0.25, -0.2) is 0 Å². The minimum atomic E-state index is -0.429. The highest BCUT2D eigenvalue weighted by Crippen LogP contribution is 2.38. The topological polar surface area (TPSA) is 83.6 Å². The lowest BCUT2D eigenvalue weighted by Gasteiger charge is -2.27. The van der Waals surface area contributed by atoms with Crippen LogP contribution >= 0.6 is 0 Å². The van der Waals surface area contributed by atoms with Gasteiger partial charge >= 0.3 is 0 Å². The average Bonchev–Trinajstić information content (AvgIpc) is 3.20. The predicted molar refractivity (Wildman–Crippen MR) is 139 cm³/mol. The number of ether oxygens (including phenoxy) is 1. The molecule has 36 heavy (non-hydrogen) atoms. The number of benzene rings is 3. The van der Waals surface area contributed by atoms with Crippen molar-refractivity contribution in [2.75, 3.05) is 16.8 Å². The highest BCUT2D eigenvalue weighted by molar-refractivity contribution is 6.11. The lowest BCUT2D eigenvalue weighted by molar-refractivity contribution is 0.0949. The summed E-state index contributed by atoms with van der Waals surface area (Å²) in [5.74, 6) is 0.487. The van der Waals surface area contributed by atoms with E-state index in [1.807, 2.05) is 79.7 Å². The van der Waals surface area contributed by atoms with E-state index in [-0.39, 0.29) is 11.8 Å². The number of anilines is 2. The molecule has 7 nitrogen and oxygen atoms in total. The number of rotatable bonds is 8. The van der Waals surface area contributed by atoms with Crippen molar-refractivity contribution in [3.05, 3.63) is 120 Å². The van der Waals surface area contributed by atoms with Gasteiger partial charge < -0.3 is 15.4 Å². The van der Waals surface area contributed by atoms with Crippen molar-refractivity contribution in [3.8, 4) is 5.75 Å². The van der Waals surface area contributed by atoms with E-state index in [1.54, 1.807) is 29.4 Å². The first kappa shape index (κ1) is 23.1. The van der Waals surface area contributed by atoms with Crippen LogP contribution in [0, 0.1) is 0 Å². The van der Waals surface area contributed by atoms with E-state index in [9.17, 15) is 9.59 Å². The number of hydrogen-bond acceptors (Lipinski definition) is 5. The van der Waals surface area contributed by atoms with E-state index in [2.05, 4.69) is 15.6 Å². The summed E-state index contributed by atoms with van der Waals surface area (Å²) in [5, 5.41) is 6.41. The first-order valence-electron chi connectivity index (χ1n) is 11.8. The second kappa shape index (κ2) is 10.3. The molecule has 1 aliphatic rings. The molecule has 7 heteroatoms. The Morgan fingerprint density at radius 2 is 1.75 bits per heavy atom. The Hall–Kier alpha value is -4.65. The van der Waals surface area contributed by atoms with Crippen molar-refractivity contribution in [3.63, 3.8) is 0 Å². The van der Waals surface area contributed by atoms with Crippen molar-refractivity contribution in [1.82, 2.24) is 10.3 Å². The van der Waals surface area contributed by atoms with E-state index >= 15 is 0 Å². The van der Waals surface area contributed by atoms with Crippen molar-refractivity contribution < 1.29 is 14.3 Å². The third-order valence-electron chi connectivity index (χ3n) is 6.02. The molecule has 5 rings (SSSR count). The van der Waals surface area contributed by atoms with E-state index in [0.29, 0.717) is 24.3 Å². The Labute approximate surface area is 209 Å². The number of aromatic nitrogens is 1. The summed E-state index contributed by atoms with van der Waals surface area (Å²) in [4.78, 5) is 31.9. The second-order valence-corrected chi connectivity index (χ2v) is 8.36.